The lowest BCUT2D eigenvalue weighted by molar-refractivity contribution is -0.123. The van der Waals surface area contributed by atoms with Gasteiger partial charge in [-0.1, -0.05) is 36.4 Å². The lowest BCUT2D eigenvalue weighted by atomic mass is 10.2. The molecule has 4 rings (SSSR count). The lowest BCUT2D eigenvalue weighted by Crippen LogP contribution is -2.27. The molecule has 6 nitrogen and oxygen atoms in total. The van der Waals surface area contributed by atoms with Gasteiger partial charge in [0.25, 0.3) is 17.1 Å². The van der Waals surface area contributed by atoms with E-state index in [0.29, 0.717) is 21.3 Å². The van der Waals surface area contributed by atoms with Gasteiger partial charge in [0.2, 0.25) is 0 Å². The van der Waals surface area contributed by atoms with E-state index in [1.54, 1.807) is 36.4 Å². The first kappa shape index (κ1) is 24.7. The van der Waals surface area contributed by atoms with Crippen molar-refractivity contribution in [2.75, 3.05) is 11.9 Å². The number of thioether (sulfide) groups is 1. The zero-order chi connectivity index (χ0) is 24.9. The topological polar surface area (TPSA) is 75.7 Å². The second-order valence-electron chi connectivity index (χ2n) is 7.74. The molecule has 1 heterocycles. The van der Waals surface area contributed by atoms with Crippen LogP contribution in [0.3, 0.4) is 0 Å². The quantitative estimate of drug-likeness (QED) is 0.354. The average Bonchev–Trinajstić information content (AvgIpc) is 3.08. The Balaban J connectivity index is 1.39. The molecule has 0 unspecified atom stereocenters. The fraction of sp³-hybridized carbons (Fsp3) is 0.115. The Morgan fingerprint density at radius 1 is 1.11 bits per heavy atom. The number of para-hydroxylation sites is 1. The van der Waals surface area contributed by atoms with Crippen LogP contribution in [0, 0.1) is 12.7 Å². The first-order valence-corrected chi connectivity index (χ1v) is 12.2. The predicted octanol–water partition coefficient (Wildman–Crippen LogP) is 6.15. The number of anilines is 1. The number of hydrogen-bond acceptors (Lipinski definition) is 5. The molecule has 1 N–H and O–H groups in total. The van der Waals surface area contributed by atoms with E-state index in [1.807, 2.05) is 31.2 Å². The number of benzene rings is 3. The molecule has 35 heavy (non-hydrogen) atoms. The van der Waals surface area contributed by atoms with E-state index in [1.165, 1.54) is 12.1 Å². The van der Waals surface area contributed by atoms with Crippen molar-refractivity contribution in [1.82, 2.24) is 4.90 Å². The molecule has 178 valence electrons. The van der Waals surface area contributed by atoms with Crippen LogP contribution in [-0.2, 0) is 16.1 Å². The van der Waals surface area contributed by atoms with Crippen molar-refractivity contribution in [3.63, 3.8) is 0 Å². The molecule has 0 atom stereocenters. The molecule has 1 aliphatic heterocycles. The van der Waals surface area contributed by atoms with Gasteiger partial charge in [0.1, 0.15) is 11.6 Å². The van der Waals surface area contributed by atoms with Gasteiger partial charge in [0.15, 0.2) is 6.61 Å². The van der Waals surface area contributed by atoms with Crippen molar-refractivity contribution in [2.45, 2.75) is 13.5 Å². The van der Waals surface area contributed by atoms with Gasteiger partial charge in [0.05, 0.1) is 15.9 Å². The minimum absolute atomic E-state index is 0.0727. The van der Waals surface area contributed by atoms with E-state index in [9.17, 15) is 18.8 Å². The Morgan fingerprint density at radius 2 is 1.86 bits per heavy atom. The Kier molecular flexibility index (Phi) is 7.67. The van der Waals surface area contributed by atoms with Gasteiger partial charge in [-0.15, -0.1) is 0 Å². The van der Waals surface area contributed by atoms with Crippen LogP contribution in [0.1, 0.15) is 16.7 Å². The van der Waals surface area contributed by atoms with Gasteiger partial charge in [-0.2, -0.15) is 0 Å². The van der Waals surface area contributed by atoms with Gasteiger partial charge >= 0.3 is 0 Å². The van der Waals surface area contributed by atoms with Crippen molar-refractivity contribution in [3.8, 4) is 5.75 Å². The maximum Gasteiger partial charge on any atom is 0.293 e. The number of nitrogens with one attached hydrogen (secondary N) is 1. The molecule has 1 aliphatic rings. The Labute approximate surface area is 214 Å². The summed E-state index contributed by atoms with van der Waals surface area (Å²) in [5.74, 6) is -0.613. The first-order valence-electron chi connectivity index (χ1n) is 10.6. The minimum atomic E-state index is -0.409. The molecule has 0 aromatic heterocycles. The molecular formula is C26H20BrFN2O4S. The fourth-order valence-electron chi connectivity index (χ4n) is 3.33. The first-order chi connectivity index (χ1) is 16.8. The molecule has 3 aromatic carbocycles. The summed E-state index contributed by atoms with van der Waals surface area (Å²) >= 11 is 4.28. The summed E-state index contributed by atoms with van der Waals surface area (Å²) < 4.78 is 19.3. The number of rotatable bonds is 7. The molecular weight excluding hydrogens is 535 g/mol. The second kappa shape index (κ2) is 10.9. The van der Waals surface area contributed by atoms with Crippen molar-refractivity contribution >= 4 is 56.5 Å². The summed E-state index contributed by atoms with van der Waals surface area (Å²) in [5.41, 5.74) is 3.02. The number of aryl methyl sites for hydroxylation is 1. The van der Waals surface area contributed by atoms with E-state index in [-0.39, 0.29) is 35.0 Å². The molecule has 0 radical (unpaired) electrons. The van der Waals surface area contributed by atoms with Gasteiger partial charge in [-0.25, -0.2) is 4.39 Å². The van der Waals surface area contributed by atoms with E-state index in [2.05, 4.69) is 21.2 Å². The zero-order valence-electron chi connectivity index (χ0n) is 18.6. The van der Waals surface area contributed by atoms with Crippen molar-refractivity contribution in [3.05, 3.63) is 98.6 Å². The lowest BCUT2D eigenvalue weighted by Gasteiger charge is -2.12. The molecule has 1 fully saturated rings. The monoisotopic (exact) mass is 554 g/mol. The van der Waals surface area contributed by atoms with E-state index in [4.69, 9.17) is 4.74 Å². The molecule has 1 saturated heterocycles. The molecule has 0 saturated carbocycles. The van der Waals surface area contributed by atoms with Crippen LogP contribution in [0.25, 0.3) is 6.08 Å². The van der Waals surface area contributed by atoms with Crippen molar-refractivity contribution in [1.29, 1.82) is 0 Å². The Morgan fingerprint density at radius 3 is 2.57 bits per heavy atom. The largest absolute Gasteiger partial charge is 0.483 e. The zero-order valence-corrected chi connectivity index (χ0v) is 21.0. The SMILES string of the molecule is Cc1ccccc1NC(=O)COc1ccc(/C=C2\SC(=O)N(Cc3ccc(F)cc3)C2=O)cc1Br. The number of amides is 3. The summed E-state index contributed by atoms with van der Waals surface area (Å²) in [7, 11) is 0. The second-order valence-corrected chi connectivity index (χ2v) is 9.58. The van der Waals surface area contributed by atoms with E-state index in [0.717, 1.165) is 27.9 Å². The molecule has 3 aromatic rings. The van der Waals surface area contributed by atoms with Gasteiger partial charge < -0.3 is 10.1 Å². The number of hydrogen-bond donors (Lipinski definition) is 1. The minimum Gasteiger partial charge on any atom is -0.483 e. The summed E-state index contributed by atoms with van der Waals surface area (Å²) in [6.07, 6.45) is 1.62. The number of imide groups is 1. The van der Waals surface area contributed by atoms with Crippen LogP contribution in [0.15, 0.2) is 76.1 Å². The highest BCUT2D eigenvalue weighted by atomic mass is 79.9. The van der Waals surface area contributed by atoms with Crippen LogP contribution in [0.5, 0.6) is 5.75 Å². The average molecular weight is 555 g/mol. The Bertz CT molecular complexity index is 1330. The predicted molar refractivity (Wildman–Crippen MR) is 137 cm³/mol. The third kappa shape index (κ3) is 6.17. The Hall–Kier alpha value is -3.43. The van der Waals surface area contributed by atoms with Crippen LogP contribution in [0.2, 0.25) is 0 Å². The van der Waals surface area contributed by atoms with Gasteiger partial charge in [-0.3, -0.25) is 19.3 Å². The van der Waals surface area contributed by atoms with Crippen LogP contribution >= 0.6 is 27.7 Å². The smallest absolute Gasteiger partial charge is 0.293 e. The highest BCUT2D eigenvalue weighted by Crippen LogP contribution is 2.34. The molecule has 0 spiro atoms. The van der Waals surface area contributed by atoms with Crippen molar-refractivity contribution < 1.29 is 23.5 Å². The van der Waals surface area contributed by atoms with E-state index < -0.39 is 5.91 Å². The van der Waals surface area contributed by atoms with Crippen molar-refractivity contribution in [2.24, 2.45) is 0 Å². The summed E-state index contributed by atoms with van der Waals surface area (Å²) in [6, 6.07) is 18.3. The highest BCUT2D eigenvalue weighted by Gasteiger charge is 2.35. The van der Waals surface area contributed by atoms with Gasteiger partial charge in [-0.05, 0) is 87.7 Å². The van der Waals surface area contributed by atoms with Gasteiger partial charge in [0, 0.05) is 5.69 Å². The number of ether oxygens (including phenoxy) is 1. The summed E-state index contributed by atoms with van der Waals surface area (Å²) in [4.78, 5) is 38.8. The standard InChI is InChI=1S/C26H20BrFN2O4S/c1-16-4-2-3-5-21(16)29-24(31)15-34-22-11-8-18(12-20(22)27)13-23-25(32)30(26(33)35-23)14-17-6-9-19(28)10-7-17/h2-13H,14-15H2,1H3,(H,29,31)/b23-13-. The molecule has 0 bridgehead atoms. The molecule has 0 aliphatic carbocycles. The number of carbonyl (C=O) groups is 3. The molecule has 3 amide bonds. The fourth-order valence-corrected chi connectivity index (χ4v) is 4.68. The van der Waals surface area contributed by atoms with E-state index >= 15 is 0 Å². The van der Waals surface area contributed by atoms with Crippen LogP contribution in [-0.4, -0.2) is 28.6 Å². The maximum absolute atomic E-state index is 13.1. The van der Waals surface area contributed by atoms with Crippen LogP contribution < -0.4 is 10.1 Å². The molecule has 9 heteroatoms. The van der Waals surface area contributed by atoms with Crippen LogP contribution in [0.4, 0.5) is 14.9 Å². The maximum atomic E-state index is 13.1. The normalized spacial score (nSPS) is 14.5. The number of carbonyl (C=O) groups excluding carboxylic acids is 3. The number of nitrogens with zero attached hydrogens (tertiary/aromatic N) is 1. The third-order valence-corrected chi connectivity index (χ3v) is 6.69. The summed E-state index contributed by atoms with van der Waals surface area (Å²) in [5, 5.41) is 2.42. The third-order valence-electron chi connectivity index (χ3n) is 5.16. The number of halogens is 2. The summed E-state index contributed by atoms with van der Waals surface area (Å²) in [6.45, 7) is 1.81. The highest BCUT2D eigenvalue weighted by molar-refractivity contribution is 9.10.